The van der Waals surface area contributed by atoms with Gasteiger partial charge in [0.1, 0.15) is 0 Å². The largest absolute Gasteiger partial charge is 0.311 e. The zero-order valence-corrected chi connectivity index (χ0v) is 11.8. The molecule has 0 aromatic heterocycles. The first-order chi connectivity index (χ1) is 7.88. The summed E-state index contributed by atoms with van der Waals surface area (Å²) in [6.45, 7) is 12.9. The number of hydrogen-bond donors (Lipinski definition) is 2. The van der Waals surface area contributed by atoms with Crippen LogP contribution in [0.15, 0.2) is 24.3 Å². The van der Waals surface area contributed by atoms with Gasteiger partial charge >= 0.3 is 0 Å². The molecule has 2 heteroatoms. The standard InChI is InChI=1S/C15H26N2/c1-12-7-6-8-14(11-12)13(2)16-9-10-17-15(3,4)5/h6-8,11,13,16-17H,9-10H2,1-5H3/t13-/m1/s1. The lowest BCUT2D eigenvalue weighted by Gasteiger charge is -2.22. The molecule has 1 rings (SSSR count). The lowest BCUT2D eigenvalue weighted by atomic mass is 10.1. The van der Waals surface area contributed by atoms with E-state index in [1.54, 1.807) is 0 Å². The number of benzene rings is 1. The molecule has 1 aromatic carbocycles. The molecule has 0 unspecified atom stereocenters. The van der Waals surface area contributed by atoms with Gasteiger partial charge in [0.15, 0.2) is 0 Å². The van der Waals surface area contributed by atoms with Crippen molar-refractivity contribution in [2.45, 2.75) is 46.2 Å². The summed E-state index contributed by atoms with van der Waals surface area (Å²) in [6.07, 6.45) is 0. The van der Waals surface area contributed by atoms with Crippen molar-refractivity contribution in [3.05, 3.63) is 35.4 Å². The molecule has 0 bridgehead atoms. The monoisotopic (exact) mass is 234 g/mol. The van der Waals surface area contributed by atoms with E-state index in [0.29, 0.717) is 6.04 Å². The van der Waals surface area contributed by atoms with Crippen molar-refractivity contribution in [1.29, 1.82) is 0 Å². The highest BCUT2D eigenvalue weighted by Gasteiger charge is 2.08. The molecule has 2 nitrogen and oxygen atoms in total. The van der Waals surface area contributed by atoms with Gasteiger partial charge in [-0.25, -0.2) is 0 Å². The van der Waals surface area contributed by atoms with Crippen molar-refractivity contribution < 1.29 is 0 Å². The summed E-state index contributed by atoms with van der Waals surface area (Å²) in [6, 6.07) is 9.10. The molecular formula is C15H26N2. The predicted octanol–water partition coefficient (Wildman–Crippen LogP) is 3.03. The number of aryl methyl sites for hydroxylation is 1. The van der Waals surface area contributed by atoms with E-state index in [4.69, 9.17) is 0 Å². The number of rotatable bonds is 5. The first-order valence-electron chi connectivity index (χ1n) is 6.43. The van der Waals surface area contributed by atoms with Crippen LogP contribution in [0.1, 0.15) is 44.9 Å². The highest BCUT2D eigenvalue weighted by atomic mass is 15.0. The average molecular weight is 234 g/mol. The number of hydrogen-bond acceptors (Lipinski definition) is 2. The molecule has 0 spiro atoms. The van der Waals surface area contributed by atoms with E-state index in [0.717, 1.165) is 13.1 Å². The Morgan fingerprint density at radius 1 is 1.18 bits per heavy atom. The van der Waals surface area contributed by atoms with E-state index in [-0.39, 0.29) is 5.54 Å². The maximum Gasteiger partial charge on any atom is 0.0292 e. The fourth-order valence-corrected chi connectivity index (χ4v) is 1.78. The van der Waals surface area contributed by atoms with Crippen molar-refractivity contribution >= 4 is 0 Å². The van der Waals surface area contributed by atoms with Gasteiger partial charge in [0, 0.05) is 24.7 Å². The molecule has 1 atom stereocenters. The summed E-state index contributed by atoms with van der Waals surface area (Å²) in [5.74, 6) is 0. The molecule has 0 aliphatic heterocycles. The lowest BCUT2D eigenvalue weighted by molar-refractivity contribution is 0.414. The van der Waals surface area contributed by atoms with Gasteiger partial charge < -0.3 is 10.6 Å². The third kappa shape index (κ3) is 5.85. The Morgan fingerprint density at radius 2 is 1.88 bits per heavy atom. The molecule has 17 heavy (non-hydrogen) atoms. The molecule has 0 aliphatic carbocycles. The smallest absolute Gasteiger partial charge is 0.0292 e. The minimum absolute atomic E-state index is 0.203. The van der Waals surface area contributed by atoms with Crippen molar-refractivity contribution in [1.82, 2.24) is 10.6 Å². The fourth-order valence-electron chi connectivity index (χ4n) is 1.78. The van der Waals surface area contributed by atoms with Crippen LogP contribution in [-0.4, -0.2) is 18.6 Å². The van der Waals surface area contributed by atoms with Gasteiger partial charge in [-0.05, 0) is 40.2 Å². The Labute approximate surface area is 106 Å². The molecular weight excluding hydrogens is 208 g/mol. The second-order valence-electron chi connectivity index (χ2n) is 5.77. The van der Waals surface area contributed by atoms with Crippen LogP contribution >= 0.6 is 0 Å². The van der Waals surface area contributed by atoms with E-state index < -0.39 is 0 Å². The van der Waals surface area contributed by atoms with Crippen LogP contribution in [0.25, 0.3) is 0 Å². The van der Waals surface area contributed by atoms with Crippen LogP contribution in [0, 0.1) is 6.92 Å². The highest BCUT2D eigenvalue weighted by Crippen LogP contribution is 2.13. The Hall–Kier alpha value is -0.860. The molecule has 0 saturated heterocycles. The number of nitrogens with one attached hydrogen (secondary N) is 2. The van der Waals surface area contributed by atoms with Gasteiger partial charge in [0.25, 0.3) is 0 Å². The maximum absolute atomic E-state index is 3.54. The van der Waals surface area contributed by atoms with Crippen molar-refractivity contribution in [2.24, 2.45) is 0 Å². The zero-order chi connectivity index (χ0) is 12.9. The average Bonchev–Trinajstić information content (AvgIpc) is 2.23. The molecule has 0 saturated carbocycles. The zero-order valence-electron chi connectivity index (χ0n) is 11.8. The highest BCUT2D eigenvalue weighted by molar-refractivity contribution is 5.24. The molecule has 0 amide bonds. The van der Waals surface area contributed by atoms with Crippen LogP contribution in [0.3, 0.4) is 0 Å². The summed E-state index contributed by atoms with van der Waals surface area (Å²) < 4.78 is 0. The summed E-state index contributed by atoms with van der Waals surface area (Å²) in [5, 5.41) is 7.01. The van der Waals surface area contributed by atoms with E-state index in [1.165, 1.54) is 11.1 Å². The lowest BCUT2D eigenvalue weighted by Crippen LogP contribution is -2.40. The molecule has 2 N–H and O–H groups in total. The molecule has 0 fully saturated rings. The van der Waals surface area contributed by atoms with Gasteiger partial charge in [0.2, 0.25) is 0 Å². The Kier molecular flexibility index (Phi) is 5.16. The summed E-state index contributed by atoms with van der Waals surface area (Å²) >= 11 is 0. The van der Waals surface area contributed by atoms with Gasteiger partial charge in [-0.1, -0.05) is 29.8 Å². The third-order valence-corrected chi connectivity index (χ3v) is 2.77. The van der Waals surface area contributed by atoms with Crippen molar-refractivity contribution in [3.63, 3.8) is 0 Å². The normalized spacial score (nSPS) is 13.7. The molecule has 0 radical (unpaired) electrons. The van der Waals surface area contributed by atoms with E-state index in [2.05, 4.69) is 69.5 Å². The van der Waals surface area contributed by atoms with Crippen LogP contribution in [0.4, 0.5) is 0 Å². The Bertz CT molecular complexity index is 339. The molecule has 0 heterocycles. The van der Waals surface area contributed by atoms with Crippen LogP contribution in [0.5, 0.6) is 0 Å². The van der Waals surface area contributed by atoms with Crippen LogP contribution in [-0.2, 0) is 0 Å². The van der Waals surface area contributed by atoms with Gasteiger partial charge in [0.05, 0.1) is 0 Å². The van der Waals surface area contributed by atoms with Gasteiger partial charge in [-0.3, -0.25) is 0 Å². The van der Waals surface area contributed by atoms with Gasteiger partial charge in [-0.15, -0.1) is 0 Å². The second kappa shape index (κ2) is 6.18. The van der Waals surface area contributed by atoms with Crippen LogP contribution < -0.4 is 10.6 Å². The SMILES string of the molecule is Cc1cccc([C@@H](C)NCCNC(C)(C)C)c1. The van der Waals surface area contributed by atoms with Crippen molar-refractivity contribution in [2.75, 3.05) is 13.1 Å². The first-order valence-corrected chi connectivity index (χ1v) is 6.43. The predicted molar refractivity (Wildman–Crippen MR) is 75.4 cm³/mol. The molecule has 1 aromatic rings. The quantitative estimate of drug-likeness (QED) is 0.765. The van der Waals surface area contributed by atoms with E-state index in [9.17, 15) is 0 Å². The topological polar surface area (TPSA) is 24.1 Å². The Balaban J connectivity index is 2.33. The third-order valence-electron chi connectivity index (χ3n) is 2.77. The molecule has 0 aliphatic rings. The van der Waals surface area contributed by atoms with Crippen molar-refractivity contribution in [3.8, 4) is 0 Å². The van der Waals surface area contributed by atoms with E-state index in [1.807, 2.05) is 0 Å². The summed E-state index contributed by atoms with van der Waals surface area (Å²) in [4.78, 5) is 0. The summed E-state index contributed by atoms with van der Waals surface area (Å²) in [7, 11) is 0. The first kappa shape index (κ1) is 14.2. The minimum Gasteiger partial charge on any atom is -0.311 e. The van der Waals surface area contributed by atoms with Crippen LogP contribution in [0.2, 0.25) is 0 Å². The Morgan fingerprint density at radius 3 is 2.47 bits per heavy atom. The van der Waals surface area contributed by atoms with Gasteiger partial charge in [-0.2, -0.15) is 0 Å². The second-order valence-corrected chi connectivity index (χ2v) is 5.77. The molecule has 96 valence electrons. The van der Waals surface area contributed by atoms with E-state index >= 15 is 0 Å². The minimum atomic E-state index is 0.203. The fraction of sp³-hybridized carbons (Fsp3) is 0.600. The summed E-state index contributed by atoms with van der Waals surface area (Å²) in [5.41, 5.74) is 2.89. The maximum atomic E-state index is 3.54.